The van der Waals surface area contributed by atoms with Gasteiger partial charge in [0.25, 0.3) is 0 Å². The fourth-order valence-corrected chi connectivity index (χ4v) is 1.66. The van der Waals surface area contributed by atoms with Crippen LogP contribution in [0.2, 0.25) is 5.02 Å². The van der Waals surface area contributed by atoms with Crippen LogP contribution in [0.3, 0.4) is 0 Å². The summed E-state index contributed by atoms with van der Waals surface area (Å²) in [6.07, 6.45) is -10.5. The van der Waals surface area contributed by atoms with Gasteiger partial charge in [0.1, 0.15) is 0 Å². The number of benzene rings is 1. The molecule has 110 valence electrons. The van der Waals surface area contributed by atoms with Gasteiger partial charge in [0, 0.05) is 6.04 Å². The second kappa shape index (κ2) is 6.19. The van der Waals surface area contributed by atoms with E-state index in [1.807, 2.05) is 0 Å². The van der Waals surface area contributed by atoms with E-state index in [0.29, 0.717) is 6.07 Å². The fraction of sp³-hybridized carbons (Fsp3) is 0.400. The lowest BCUT2D eigenvalue weighted by molar-refractivity contribution is -0.139. The van der Waals surface area contributed by atoms with Crippen LogP contribution in [0.15, 0.2) is 18.2 Å². The van der Waals surface area contributed by atoms with E-state index in [2.05, 4.69) is 0 Å². The summed E-state index contributed by atoms with van der Waals surface area (Å²) in [6.45, 7) is 0. The lowest BCUT2D eigenvalue weighted by atomic mass is 10.0. The van der Waals surface area contributed by atoms with E-state index in [1.165, 1.54) is 0 Å². The van der Waals surface area contributed by atoms with Gasteiger partial charge in [-0.3, -0.25) is 0 Å². The molecule has 0 radical (unpaired) electrons. The maximum atomic E-state index is 12.4. The molecule has 0 amide bonds. The minimum Gasteiger partial charge on any atom is -0.324 e. The van der Waals surface area contributed by atoms with Crippen molar-refractivity contribution >= 4 is 24.0 Å². The molecule has 0 bridgehead atoms. The van der Waals surface area contributed by atoms with Crippen LogP contribution in [0.4, 0.5) is 26.3 Å². The average Bonchev–Trinajstić information content (AvgIpc) is 2.12. The third-order valence-corrected chi connectivity index (χ3v) is 2.49. The monoisotopic (exact) mass is 327 g/mol. The summed E-state index contributed by atoms with van der Waals surface area (Å²) in [5, 5.41) is -0.669. The highest BCUT2D eigenvalue weighted by atomic mass is 35.5. The number of hydrogen-bond acceptors (Lipinski definition) is 1. The van der Waals surface area contributed by atoms with E-state index in [4.69, 9.17) is 17.3 Å². The highest BCUT2D eigenvalue weighted by Crippen LogP contribution is 2.36. The van der Waals surface area contributed by atoms with Gasteiger partial charge in [0.05, 0.1) is 17.0 Å². The number of rotatable bonds is 2. The standard InChI is InChI=1S/C10H8ClF6N.ClH/c11-7-3-5(8(18)4-9(12,13)14)1-2-6(7)10(15,16)17;/h1-3,8H,4,18H2;1H/t8-;/m0./s1. The van der Waals surface area contributed by atoms with Crippen LogP contribution in [0.25, 0.3) is 0 Å². The number of alkyl halides is 6. The molecule has 1 aromatic rings. The molecule has 0 aromatic heterocycles. The Labute approximate surface area is 116 Å². The van der Waals surface area contributed by atoms with Crippen LogP contribution >= 0.6 is 24.0 Å². The van der Waals surface area contributed by atoms with Gasteiger partial charge in [-0.25, -0.2) is 0 Å². The van der Waals surface area contributed by atoms with Gasteiger partial charge in [-0.1, -0.05) is 17.7 Å². The maximum absolute atomic E-state index is 12.4. The Morgan fingerprint density at radius 2 is 1.63 bits per heavy atom. The van der Waals surface area contributed by atoms with Crippen LogP contribution < -0.4 is 5.73 Å². The van der Waals surface area contributed by atoms with Gasteiger partial charge in [-0.15, -0.1) is 12.4 Å². The minimum absolute atomic E-state index is 0. The summed E-state index contributed by atoms with van der Waals surface area (Å²) >= 11 is 5.37. The quantitative estimate of drug-likeness (QED) is 0.780. The predicted molar refractivity (Wildman–Crippen MR) is 61.3 cm³/mol. The summed E-state index contributed by atoms with van der Waals surface area (Å²) in [7, 11) is 0. The molecule has 0 heterocycles. The molecule has 0 saturated heterocycles. The van der Waals surface area contributed by atoms with Crippen LogP contribution in [-0.4, -0.2) is 6.18 Å². The molecule has 0 saturated carbocycles. The Hall–Kier alpha value is -0.660. The van der Waals surface area contributed by atoms with Crippen LogP contribution in [0.1, 0.15) is 23.6 Å². The summed E-state index contributed by atoms with van der Waals surface area (Å²) in [4.78, 5) is 0. The molecule has 0 aliphatic carbocycles. The van der Waals surface area contributed by atoms with Crippen molar-refractivity contribution in [2.24, 2.45) is 5.73 Å². The Bertz CT molecular complexity index is 429. The summed E-state index contributed by atoms with van der Waals surface area (Å²) in [5.74, 6) is 0. The number of halogens is 8. The molecule has 1 nitrogen and oxygen atoms in total. The van der Waals surface area contributed by atoms with Gasteiger partial charge in [0.2, 0.25) is 0 Å². The second-order valence-electron chi connectivity index (χ2n) is 3.66. The molecule has 19 heavy (non-hydrogen) atoms. The van der Waals surface area contributed by atoms with Crippen molar-refractivity contribution in [1.82, 2.24) is 0 Å². The molecule has 0 unspecified atom stereocenters. The Morgan fingerprint density at radius 3 is 2.00 bits per heavy atom. The van der Waals surface area contributed by atoms with E-state index >= 15 is 0 Å². The Balaban J connectivity index is 0.00000324. The van der Waals surface area contributed by atoms with E-state index < -0.39 is 35.4 Å². The van der Waals surface area contributed by atoms with Gasteiger partial charge in [-0.2, -0.15) is 26.3 Å². The molecule has 2 N–H and O–H groups in total. The summed E-state index contributed by atoms with van der Waals surface area (Å²) < 4.78 is 73.3. The zero-order valence-corrected chi connectivity index (χ0v) is 10.7. The van der Waals surface area contributed by atoms with Crippen LogP contribution in [-0.2, 0) is 6.18 Å². The zero-order chi connectivity index (χ0) is 14.1. The number of hydrogen-bond donors (Lipinski definition) is 1. The molecular formula is C10H9Cl2F6N. The van der Waals surface area contributed by atoms with E-state index in [0.717, 1.165) is 12.1 Å². The van der Waals surface area contributed by atoms with Gasteiger partial charge in [0.15, 0.2) is 0 Å². The van der Waals surface area contributed by atoms with Crippen molar-refractivity contribution in [1.29, 1.82) is 0 Å². The lowest BCUT2D eigenvalue weighted by Gasteiger charge is -2.16. The van der Waals surface area contributed by atoms with Gasteiger partial charge >= 0.3 is 12.4 Å². The second-order valence-corrected chi connectivity index (χ2v) is 4.07. The molecule has 0 aliphatic rings. The predicted octanol–water partition coefficient (Wildman–Crippen LogP) is 4.73. The number of nitrogens with two attached hydrogens (primary N) is 1. The Kier molecular flexibility index (Phi) is 5.98. The normalized spacial score (nSPS) is 13.9. The van der Waals surface area contributed by atoms with Crippen LogP contribution in [0.5, 0.6) is 0 Å². The van der Waals surface area contributed by atoms with Crippen molar-refractivity contribution in [2.75, 3.05) is 0 Å². The van der Waals surface area contributed by atoms with Crippen molar-refractivity contribution < 1.29 is 26.3 Å². The molecule has 9 heteroatoms. The summed E-state index contributed by atoms with van der Waals surface area (Å²) in [6, 6.07) is 0.879. The average molecular weight is 328 g/mol. The molecule has 1 aromatic carbocycles. The first kappa shape index (κ1) is 18.3. The zero-order valence-electron chi connectivity index (χ0n) is 9.15. The van der Waals surface area contributed by atoms with E-state index in [1.54, 1.807) is 0 Å². The fourth-order valence-electron chi connectivity index (χ4n) is 1.36. The van der Waals surface area contributed by atoms with E-state index in [-0.39, 0.29) is 18.0 Å². The largest absolute Gasteiger partial charge is 0.417 e. The van der Waals surface area contributed by atoms with Crippen molar-refractivity contribution in [3.8, 4) is 0 Å². The van der Waals surface area contributed by atoms with Crippen molar-refractivity contribution in [3.05, 3.63) is 34.3 Å². The molecular weight excluding hydrogens is 319 g/mol. The molecule has 0 spiro atoms. The first-order valence-corrected chi connectivity index (χ1v) is 5.07. The lowest BCUT2D eigenvalue weighted by Crippen LogP contribution is -2.20. The first-order valence-electron chi connectivity index (χ1n) is 4.69. The Morgan fingerprint density at radius 1 is 1.11 bits per heavy atom. The first-order chi connectivity index (χ1) is 8.00. The third-order valence-electron chi connectivity index (χ3n) is 2.18. The molecule has 1 atom stereocenters. The summed E-state index contributed by atoms with van der Waals surface area (Å²) in [5.41, 5.74) is 4.05. The third kappa shape index (κ3) is 5.46. The maximum Gasteiger partial charge on any atom is 0.417 e. The smallest absolute Gasteiger partial charge is 0.324 e. The van der Waals surface area contributed by atoms with Gasteiger partial charge < -0.3 is 5.73 Å². The molecule has 1 rings (SSSR count). The highest BCUT2D eigenvalue weighted by Gasteiger charge is 2.34. The van der Waals surface area contributed by atoms with Gasteiger partial charge in [-0.05, 0) is 17.7 Å². The van der Waals surface area contributed by atoms with Crippen molar-refractivity contribution in [3.63, 3.8) is 0 Å². The molecule has 0 aliphatic heterocycles. The van der Waals surface area contributed by atoms with Crippen LogP contribution in [0, 0.1) is 0 Å². The SMILES string of the molecule is Cl.N[C@@H](CC(F)(F)F)c1ccc(C(F)(F)F)c(Cl)c1. The van der Waals surface area contributed by atoms with Crippen molar-refractivity contribution in [2.45, 2.75) is 24.8 Å². The topological polar surface area (TPSA) is 26.0 Å². The minimum atomic E-state index is -4.65. The van der Waals surface area contributed by atoms with E-state index in [9.17, 15) is 26.3 Å². The highest BCUT2D eigenvalue weighted by molar-refractivity contribution is 6.31. The molecule has 0 fully saturated rings.